The van der Waals surface area contributed by atoms with Crippen LogP contribution in [0.1, 0.15) is 18.4 Å². The van der Waals surface area contributed by atoms with E-state index in [1.807, 2.05) is 37.3 Å². The fraction of sp³-hybridized carbons (Fsp3) is 0.429. The molecule has 0 bridgehead atoms. The fourth-order valence-corrected chi connectivity index (χ4v) is 2.32. The summed E-state index contributed by atoms with van der Waals surface area (Å²) in [5.74, 6) is -0.0676. The summed E-state index contributed by atoms with van der Waals surface area (Å²) in [5.41, 5.74) is 6.60. The van der Waals surface area contributed by atoms with Crippen LogP contribution in [0.2, 0.25) is 0 Å². The molecule has 0 saturated carbocycles. The molecule has 1 aliphatic heterocycles. The topological polar surface area (TPSA) is 55.6 Å². The molecule has 19 heavy (non-hydrogen) atoms. The molecule has 0 radical (unpaired) electrons. The van der Waals surface area contributed by atoms with E-state index in [-0.39, 0.29) is 17.9 Å². The number of morpholine rings is 1. The van der Waals surface area contributed by atoms with Gasteiger partial charge >= 0.3 is 0 Å². The SMILES string of the molecule is CC(C(=O)N1CCOC(C(N)=S)C1)c1ccccc1. The molecular formula is C14H18N2O2S. The molecule has 0 spiro atoms. The minimum Gasteiger partial charge on any atom is -0.391 e. The number of benzene rings is 1. The molecule has 2 N–H and O–H groups in total. The van der Waals surface area contributed by atoms with Gasteiger partial charge in [-0.1, -0.05) is 42.5 Å². The van der Waals surface area contributed by atoms with Crippen LogP contribution in [0.15, 0.2) is 30.3 Å². The molecule has 1 aliphatic rings. The van der Waals surface area contributed by atoms with Gasteiger partial charge in [-0.2, -0.15) is 0 Å². The van der Waals surface area contributed by atoms with E-state index in [9.17, 15) is 4.79 Å². The van der Waals surface area contributed by atoms with E-state index in [1.54, 1.807) is 4.90 Å². The molecule has 2 atom stereocenters. The third-order valence-corrected chi connectivity index (χ3v) is 3.63. The highest BCUT2D eigenvalue weighted by Gasteiger charge is 2.28. The van der Waals surface area contributed by atoms with Crippen LogP contribution in [-0.2, 0) is 9.53 Å². The Kier molecular flexibility index (Phi) is 4.50. The summed E-state index contributed by atoms with van der Waals surface area (Å²) in [6.07, 6.45) is -0.323. The molecule has 102 valence electrons. The molecule has 0 aromatic heterocycles. The van der Waals surface area contributed by atoms with Crippen LogP contribution < -0.4 is 5.73 Å². The van der Waals surface area contributed by atoms with Crippen molar-refractivity contribution >= 4 is 23.1 Å². The normalized spacial score (nSPS) is 20.9. The second-order valence-electron chi connectivity index (χ2n) is 4.68. The standard InChI is InChI=1S/C14H18N2O2S/c1-10(11-5-3-2-4-6-11)14(17)16-7-8-18-12(9-16)13(15)19/h2-6,10,12H,7-9H2,1H3,(H2,15,19). The predicted molar refractivity (Wildman–Crippen MR) is 78.0 cm³/mol. The molecule has 1 saturated heterocycles. The van der Waals surface area contributed by atoms with Gasteiger partial charge in [0.05, 0.1) is 19.1 Å². The Balaban J connectivity index is 2.05. The lowest BCUT2D eigenvalue weighted by molar-refractivity contribution is -0.137. The molecule has 4 nitrogen and oxygen atoms in total. The Hall–Kier alpha value is -1.46. The highest BCUT2D eigenvalue weighted by Crippen LogP contribution is 2.19. The first kappa shape index (κ1) is 14.0. The van der Waals surface area contributed by atoms with Crippen molar-refractivity contribution in [2.45, 2.75) is 18.9 Å². The van der Waals surface area contributed by atoms with Gasteiger partial charge in [0.2, 0.25) is 5.91 Å². The van der Waals surface area contributed by atoms with Gasteiger partial charge in [-0.3, -0.25) is 4.79 Å². The zero-order valence-corrected chi connectivity index (χ0v) is 11.7. The molecule has 2 rings (SSSR count). The summed E-state index contributed by atoms with van der Waals surface area (Å²) < 4.78 is 5.45. The maximum Gasteiger partial charge on any atom is 0.230 e. The van der Waals surface area contributed by atoms with Gasteiger partial charge in [-0.25, -0.2) is 0 Å². The molecule has 0 aliphatic carbocycles. The lowest BCUT2D eigenvalue weighted by atomic mass is 9.99. The summed E-state index contributed by atoms with van der Waals surface area (Å²) in [7, 11) is 0. The number of ether oxygens (including phenoxy) is 1. The van der Waals surface area contributed by atoms with Crippen LogP contribution in [0.3, 0.4) is 0 Å². The number of rotatable bonds is 3. The quantitative estimate of drug-likeness (QED) is 0.847. The van der Waals surface area contributed by atoms with Crippen LogP contribution in [0, 0.1) is 0 Å². The van der Waals surface area contributed by atoms with Gasteiger partial charge in [-0.05, 0) is 12.5 Å². The van der Waals surface area contributed by atoms with E-state index in [0.29, 0.717) is 24.7 Å². The Morgan fingerprint density at radius 1 is 1.47 bits per heavy atom. The first-order chi connectivity index (χ1) is 9.09. The molecule has 2 unspecified atom stereocenters. The molecule has 1 aromatic rings. The number of carbonyl (C=O) groups is 1. The van der Waals surface area contributed by atoms with Crippen molar-refractivity contribution in [1.29, 1.82) is 0 Å². The number of amides is 1. The van der Waals surface area contributed by atoms with Crippen LogP contribution in [-0.4, -0.2) is 41.6 Å². The Morgan fingerprint density at radius 2 is 2.16 bits per heavy atom. The first-order valence-corrected chi connectivity index (χ1v) is 6.75. The molecular weight excluding hydrogens is 260 g/mol. The summed E-state index contributed by atoms with van der Waals surface area (Å²) in [6, 6.07) is 9.76. The van der Waals surface area contributed by atoms with Crippen molar-refractivity contribution in [1.82, 2.24) is 4.90 Å². The average molecular weight is 278 g/mol. The van der Waals surface area contributed by atoms with E-state index in [4.69, 9.17) is 22.7 Å². The Labute approximate surface area is 118 Å². The zero-order chi connectivity index (χ0) is 13.8. The molecule has 1 fully saturated rings. The van der Waals surface area contributed by atoms with Crippen molar-refractivity contribution < 1.29 is 9.53 Å². The molecule has 1 aromatic carbocycles. The molecule has 1 heterocycles. The predicted octanol–water partition coefficient (Wildman–Crippen LogP) is 1.30. The number of hydrogen-bond acceptors (Lipinski definition) is 3. The third kappa shape index (κ3) is 3.30. The summed E-state index contributed by atoms with van der Waals surface area (Å²) >= 11 is 4.93. The maximum atomic E-state index is 12.5. The van der Waals surface area contributed by atoms with Crippen molar-refractivity contribution in [2.75, 3.05) is 19.7 Å². The van der Waals surface area contributed by atoms with Crippen molar-refractivity contribution in [3.05, 3.63) is 35.9 Å². The van der Waals surface area contributed by atoms with Crippen LogP contribution in [0.25, 0.3) is 0 Å². The third-order valence-electron chi connectivity index (χ3n) is 3.37. The summed E-state index contributed by atoms with van der Waals surface area (Å²) in [5, 5.41) is 0. The Morgan fingerprint density at radius 3 is 2.79 bits per heavy atom. The number of nitrogens with two attached hydrogens (primary N) is 1. The number of thiocarbonyl (C=S) groups is 1. The molecule has 5 heteroatoms. The Bertz CT molecular complexity index is 464. The van der Waals surface area contributed by atoms with E-state index in [1.165, 1.54) is 0 Å². The van der Waals surface area contributed by atoms with E-state index >= 15 is 0 Å². The van der Waals surface area contributed by atoms with Gasteiger partial charge in [0, 0.05) is 6.54 Å². The van der Waals surface area contributed by atoms with Crippen molar-refractivity contribution in [3.63, 3.8) is 0 Å². The average Bonchev–Trinajstić information content (AvgIpc) is 2.46. The van der Waals surface area contributed by atoms with E-state index in [2.05, 4.69) is 0 Å². The van der Waals surface area contributed by atoms with Gasteiger partial charge in [-0.15, -0.1) is 0 Å². The lowest BCUT2D eigenvalue weighted by Crippen LogP contribution is -2.50. The van der Waals surface area contributed by atoms with Crippen LogP contribution in [0.5, 0.6) is 0 Å². The summed E-state index contributed by atoms with van der Waals surface area (Å²) in [4.78, 5) is 14.5. The van der Waals surface area contributed by atoms with E-state index in [0.717, 1.165) is 5.56 Å². The second kappa shape index (κ2) is 6.12. The fourth-order valence-electron chi connectivity index (χ4n) is 2.18. The minimum atomic E-state index is -0.323. The van der Waals surface area contributed by atoms with Gasteiger partial charge in [0.1, 0.15) is 11.1 Å². The highest BCUT2D eigenvalue weighted by atomic mass is 32.1. The van der Waals surface area contributed by atoms with Crippen molar-refractivity contribution in [3.8, 4) is 0 Å². The largest absolute Gasteiger partial charge is 0.391 e. The van der Waals surface area contributed by atoms with Crippen molar-refractivity contribution in [2.24, 2.45) is 5.73 Å². The smallest absolute Gasteiger partial charge is 0.230 e. The lowest BCUT2D eigenvalue weighted by Gasteiger charge is -2.34. The first-order valence-electron chi connectivity index (χ1n) is 6.34. The second-order valence-corrected chi connectivity index (χ2v) is 5.15. The highest BCUT2D eigenvalue weighted by molar-refractivity contribution is 7.80. The van der Waals surface area contributed by atoms with Gasteiger partial charge in [0.25, 0.3) is 0 Å². The van der Waals surface area contributed by atoms with Crippen LogP contribution >= 0.6 is 12.2 Å². The zero-order valence-electron chi connectivity index (χ0n) is 10.9. The van der Waals surface area contributed by atoms with Gasteiger partial charge in [0.15, 0.2) is 0 Å². The monoisotopic (exact) mass is 278 g/mol. The van der Waals surface area contributed by atoms with Gasteiger partial charge < -0.3 is 15.4 Å². The number of nitrogens with zero attached hydrogens (tertiary/aromatic N) is 1. The number of carbonyl (C=O) groups excluding carboxylic acids is 1. The molecule has 1 amide bonds. The van der Waals surface area contributed by atoms with E-state index < -0.39 is 0 Å². The summed E-state index contributed by atoms with van der Waals surface area (Å²) in [6.45, 7) is 3.44. The van der Waals surface area contributed by atoms with Crippen LogP contribution in [0.4, 0.5) is 0 Å². The minimum absolute atomic E-state index is 0.0933. The maximum absolute atomic E-state index is 12.5. The number of hydrogen-bond donors (Lipinski definition) is 1.